The molecule has 0 unspecified atom stereocenters. The lowest BCUT2D eigenvalue weighted by molar-refractivity contribution is -0.111. The third-order valence-corrected chi connectivity index (χ3v) is 5.31. The molecule has 0 saturated carbocycles. The molecule has 6 nitrogen and oxygen atoms in total. The van der Waals surface area contributed by atoms with Gasteiger partial charge in [-0.15, -0.1) is 4.40 Å². The molecule has 2 rings (SSSR count). The standard InChI is InChI=1S/C19H25N3O3S/c1-3-4-6-13-19(23)20-16-10-9-11-17(15-16)26(24,25)21-18-12-7-5-8-14-22(18)2/h3-4,6,9-11,13,15H,5,7-8,12,14H2,1-2H3,(H,20,23)/b4-3+,13-6+,21-18-. The van der Waals surface area contributed by atoms with Gasteiger partial charge in [0.1, 0.15) is 5.84 Å². The van der Waals surface area contributed by atoms with Crippen molar-refractivity contribution in [3.8, 4) is 0 Å². The zero-order valence-corrected chi connectivity index (χ0v) is 16.0. The first-order valence-corrected chi connectivity index (χ1v) is 10.1. The molecule has 1 aromatic carbocycles. The fraction of sp³-hybridized carbons (Fsp3) is 0.368. The predicted octanol–water partition coefficient (Wildman–Crippen LogP) is 3.35. The Hall–Kier alpha value is -2.41. The van der Waals surface area contributed by atoms with Crippen LogP contribution in [0.4, 0.5) is 5.69 Å². The molecule has 0 atom stereocenters. The number of hydrogen-bond acceptors (Lipinski definition) is 3. The van der Waals surface area contributed by atoms with E-state index >= 15 is 0 Å². The molecule has 1 aromatic rings. The highest BCUT2D eigenvalue weighted by atomic mass is 32.2. The molecule has 1 amide bonds. The second-order valence-corrected chi connectivity index (χ2v) is 7.72. The van der Waals surface area contributed by atoms with E-state index in [-0.39, 0.29) is 10.8 Å². The van der Waals surface area contributed by atoms with Crippen molar-refractivity contribution in [1.29, 1.82) is 0 Å². The highest BCUT2D eigenvalue weighted by molar-refractivity contribution is 7.90. The van der Waals surface area contributed by atoms with Gasteiger partial charge in [0, 0.05) is 31.8 Å². The molecular formula is C19H25N3O3S. The van der Waals surface area contributed by atoms with Crippen molar-refractivity contribution in [2.24, 2.45) is 4.40 Å². The molecule has 1 aliphatic heterocycles. The zero-order valence-electron chi connectivity index (χ0n) is 15.2. The third-order valence-electron chi connectivity index (χ3n) is 4.01. The summed E-state index contributed by atoms with van der Waals surface area (Å²) in [6, 6.07) is 6.15. The number of nitrogens with one attached hydrogen (secondary N) is 1. The molecule has 7 heteroatoms. The van der Waals surface area contributed by atoms with Crippen molar-refractivity contribution >= 4 is 27.5 Å². The smallest absolute Gasteiger partial charge is 0.284 e. The summed E-state index contributed by atoms with van der Waals surface area (Å²) in [4.78, 5) is 13.8. The molecule has 1 fully saturated rings. The minimum Gasteiger partial charge on any atom is -0.362 e. The maximum Gasteiger partial charge on any atom is 0.284 e. The number of carbonyl (C=O) groups excluding carboxylic acids is 1. The molecular weight excluding hydrogens is 350 g/mol. The van der Waals surface area contributed by atoms with Crippen LogP contribution in [0, 0.1) is 0 Å². The van der Waals surface area contributed by atoms with E-state index < -0.39 is 10.0 Å². The highest BCUT2D eigenvalue weighted by Gasteiger charge is 2.18. The van der Waals surface area contributed by atoms with Crippen LogP contribution >= 0.6 is 0 Å². The SMILES string of the molecule is C/C=C/C=C/C(=O)Nc1cccc(S(=O)(=O)/N=C2/CCCCCN2C)c1. The van der Waals surface area contributed by atoms with Crippen molar-refractivity contribution in [3.05, 3.63) is 48.6 Å². The molecule has 0 bridgehead atoms. The Morgan fingerprint density at radius 2 is 2.04 bits per heavy atom. The second-order valence-electron chi connectivity index (χ2n) is 6.12. The van der Waals surface area contributed by atoms with Crippen molar-refractivity contribution < 1.29 is 13.2 Å². The van der Waals surface area contributed by atoms with Gasteiger partial charge in [-0.1, -0.05) is 30.7 Å². The van der Waals surface area contributed by atoms with Gasteiger partial charge in [-0.2, -0.15) is 8.42 Å². The zero-order chi connectivity index (χ0) is 19.0. The van der Waals surface area contributed by atoms with E-state index in [1.165, 1.54) is 18.2 Å². The minimum absolute atomic E-state index is 0.0675. The fourth-order valence-corrected chi connectivity index (χ4v) is 3.75. The molecule has 1 saturated heterocycles. The highest BCUT2D eigenvalue weighted by Crippen LogP contribution is 2.20. The number of allylic oxidation sites excluding steroid dienone is 3. The topological polar surface area (TPSA) is 78.8 Å². The van der Waals surface area contributed by atoms with Crippen molar-refractivity contribution in [1.82, 2.24) is 4.90 Å². The van der Waals surface area contributed by atoms with Gasteiger partial charge < -0.3 is 10.2 Å². The molecule has 140 valence electrons. The van der Waals surface area contributed by atoms with Gasteiger partial charge in [-0.25, -0.2) is 0 Å². The van der Waals surface area contributed by atoms with E-state index in [1.807, 2.05) is 18.9 Å². The molecule has 0 spiro atoms. The van der Waals surface area contributed by atoms with E-state index in [1.54, 1.807) is 30.4 Å². The third kappa shape index (κ3) is 5.84. The van der Waals surface area contributed by atoms with Crippen molar-refractivity contribution in [3.63, 3.8) is 0 Å². The van der Waals surface area contributed by atoms with E-state index in [2.05, 4.69) is 9.71 Å². The van der Waals surface area contributed by atoms with Crippen LogP contribution in [0.2, 0.25) is 0 Å². The lowest BCUT2D eigenvalue weighted by Gasteiger charge is -2.17. The van der Waals surface area contributed by atoms with E-state index in [0.29, 0.717) is 17.9 Å². The van der Waals surface area contributed by atoms with Gasteiger partial charge in [0.25, 0.3) is 10.0 Å². The van der Waals surface area contributed by atoms with E-state index in [0.717, 1.165) is 25.8 Å². The summed E-state index contributed by atoms with van der Waals surface area (Å²) >= 11 is 0. The maximum absolute atomic E-state index is 12.7. The monoisotopic (exact) mass is 375 g/mol. The van der Waals surface area contributed by atoms with Gasteiger partial charge in [0.2, 0.25) is 5.91 Å². The largest absolute Gasteiger partial charge is 0.362 e. The Kier molecular flexibility index (Phi) is 7.15. The molecule has 1 heterocycles. The number of sulfonamides is 1. The number of amides is 1. The van der Waals surface area contributed by atoms with Gasteiger partial charge in [0.15, 0.2) is 0 Å². The van der Waals surface area contributed by atoms with Gasteiger partial charge in [0.05, 0.1) is 4.90 Å². The Morgan fingerprint density at radius 1 is 1.23 bits per heavy atom. The normalized spacial score (nSPS) is 17.8. The van der Waals surface area contributed by atoms with Gasteiger partial charge >= 0.3 is 0 Å². The summed E-state index contributed by atoms with van der Waals surface area (Å²) < 4.78 is 29.4. The summed E-state index contributed by atoms with van der Waals surface area (Å²) in [6.07, 6.45) is 10.2. The van der Waals surface area contributed by atoms with E-state index in [4.69, 9.17) is 0 Å². The molecule has 1 N–H and O–H groups in total. The number of benzene rings is 1. The Morgan fingerprint density at radius 3 is 2.81 bits per heavy atom. The predicted molar refractivity (Wildman–Crippen MR) is 105 cm³/mol. The van der Waals surface area contributed by atoms with Crippen LogP contribution in [0.15, 0.2) is 57.9 Å². The molecule has 0 aromatic heterocycles. The van der Waals surface area contributed by atoms with E-state index in [9.17, 15) is 13.2 Å². The lowest BCUT2D eigenvalue weighted by Crippen LogP contribution is -2.26. The number of rotatable bonds is 5. The van der Waals surface area contributed by atoms with Crippen LogP contribution in [-0.4, -0.2) is 38.7 Å². The number of anilines is 1. The minimum atomic E-state index is -3.82. The van der Waals surface area contributed by atoms with Gasteiger partial charge in [-0.3, -0.25) is 4.79 Å². The molecule has 0 radical (unpaired) electrons. The van der Waals surface area contributed by atoms with Gasteiger partial charge in [-0.05, 0) is 38.0 Å². The number of likely N-dealkylation sites (tertiary alicyclic amines) is 1. The average molecular weight is 375 g/mol. The summed E-state index contributed by atoms with van der Waals surface area (Å²) in [5.74, 6) is 0.263. The van der Waals surface area contributed by atoms with Crippen LogP contribution in [0.5, 0.6) is 0 Å². The fourth-order valence-electron chi connectivity index (χ4n) is 2.61. The summed E-state index contributed by atoms with van der Waals surface area (Å²) in [6.45, 7) is 2.66. The molecule has 0 aliphatic carbocycles. The average Bonchev–Trinajstić information content (AvgIpc) is 2.80. The molecule has 26 heavy (non-hydrogen) atoms. The first-order valence-electron chi connectivity index (χ1n) is 8.68. The maximum atomic E-state index is 12.7. The number of amidine groups is 1. The van der Waals surface area contributed by atoms with Crippen LogP contribution in [0.1, 0.15) is 32.6 Å². The van der Waals surface area contributed by atoms with Crippen LogP contribution in [-0.2, 0) is 14.8 Å². The Labute approximate surface area is 155 Å². The number of carbonyl (C=O) groups is 1. The van der Waals surface area contributed by atoms with Crippen LogP contribution in [0.3, 0.4) is 0 Å². The lowest BCUT2D eigenvalue weighted by atomic mass is 10.2. The second kappa shape index (κ2) is 9.33. The first kappa shape index (κ1) is 19.9. The Balaban J connectivity index is 2.21. The first-order chi connectivity index (χ1) is 12.4. The number of hydrogen-bond donors (Lipinski definition) is 1. The van der Waals surface area contributed by atoms with Crippen LogP contribution < -0.4 is 5.32 Å². The molecule has 1 aliphatic rings. The summed E-state index contributed by atoms with van der Waals surface area (Å²) in [5.41, 5.74) is 0.413. The summed E-state index contributed by atoms with van der Waals surface area (Å²) in [5, 5.41) is 2.65. The number of nitrogens with zero attached hydrogens (tertiary/aromatic N) is 2. The van der Waals surface area contributed by atoms with Crippen molar-refractivity contribution in [2.45, 2.75) is 37.5 Å². The Bertz CT molecular complexity index is 826. The van der Waals surface area contributed by atoms with Crippen molar-refractivity contribution in [2.75, 3.05) is 18.9 Å². The summed E-state index contributed by atoms with van der Waals surface area (Å²) in [7, 11) is -1.95. The van der Waals surface area contributed by atoms with Crippen LogP contribution in [0.25, 0.3) is 0 Å². The quantitative estimate of drug-likeness (QED) is 0.632.